The van der Waals surface area contributed by atoms with Gasteiger partial charge in [0.2, 0.25) is 10.0 Å². The molecular weight excluding hydrogens is 433 g/mol. The van der Waals surface area contributed by atoms with E-state index in [-0.39, 0.29) is 31.8 Å². The number of rotatable bonds is 4. The molecule has 1 N–H and O–H groups in total. The summed E-state index contributed by atoms with van der Waals surface area (Å²) in [7, 11) is -3.68. The van der Waals surface area contributed by atoms with E-state index in [0.717, 1.165) is 23.9 Å². The van der Waals surface area contributed by atoms with Crippen molar-refractivity contribution in [3.05, 3.63) is 50.9 Å². The van der Waals surface area contributed by atoms with Gasteiger partial charge in [-0.15, -0.1) is 0 Å². The molecule has 2 bridgehead atoms. The Morgan fingerprint density at radius 2 is 1.83 bits per heavy atom. The summed E-state index contributed by atoms with van der Waals surface area (Å²) in [5.41, 5.74) is -0.0993. The first-order valence-corrected chi connectivity index (χ1v) is 11.8. The highest BCUT2D eigenvalue weighted by atomic mass is 35.5. The number of nitrogens with one attached hydrogen (secondary N) is 1. The van der Waals surface area contributed by atoms with Crippen LogP contribution in [0.1, 0.15) is 40.0 Å². The summed E-state index contributed by atoms with van der Waals surface area (Å²) in [6.07, 6.45) is 4.32. The number of hydrogen-bond donors (Lipinski definition) is 1. The van der Waals surface area contributed by atoms with Crippen molar-refractivity contribution < 1.29 is 8.42 Å². The largest absolute Gasteiger partial charge is 0.291 e. The maximum Gasteiger partial charge on any atom is 0.291 e. The summed E-state index contributed by atoms with van der Waals surface area (Å²) in [5.74, 6) is 0.537. The molecule has 2 aliphatic carbocycles. The van der Waals surface area contributed by atoms with E-state index in [1.54, 1.807) is 0 Å². The van der Waals surface area contributed by atoms with Crippen LogP contribution in [0.15, 0.2) is 40.2 Å². The zero-order valence-corrected chi connectivity index (χ0v) is 18.8. The van der Waals surface area contributed by atoms with Gasteiger partial charge in [-0.25, -0.2) is 13.1 Å². The Bertz CT molecular complexity index is 1130. The monoisotopic (exact) mass is 455 g/mol. The summed E-state index contributed by atoms with van der Waals surface area (Å²) < 4.78 is 30.0. The highest BCUT2D eigenvalue weighted by Gasteiger charge is 2.61. The third-order valence-corrected chi connectivity index (χ3v) is 9.60. The third-order valence-electron chi connectivity index (χ3n) is 7.36. The molecule has 2 aromatic rings. The Morgan fingerprint density at radius 1 is 1.17 bits per heavy atom. The van der Waals surface area contributed by atoms with Crippen LogP contribution in [0.25, 0.3) is 5.69 Å². The maximum atomic E-state index is 13.0. The van der Waals surface area contributed by atoms with Crippen LogP contribution in [0.4, 0.5) is 0 Å². The van der Waals surface area contributed by atoms with Crippen LogP contribution in [0.3, 0.4) is 0 Å². The second-order valence-electron chi connectivity index (χ2n) is 8.80. The zero-order valence-electron chi connectivity index (χ0n) is 16.4. The molecule has 0 aliphatic heterocycles. The number of benzene rings is 1. The lowest BCUT2D eigenvalue weighted by Crippen LogP contribution is -2.46. The summed E-state index contributed by atoms with van der Waals surface area (Å²) in [6.45, 7) is 6.68. The fourth-order valence-electron chi connectivity index (χ4n) is 5.00. The number of nitrogens with zero attached hydrogens (tertiary/aromatic N) is 2. The van der Waals surface area contributed by atoms with Crippen molar-refractivity contribution in [3.63, 3.8) is 0 Å². The molecular formula is C20H23Cl2N3O3S. The smallest absolute Gasteiger partial charge is 0.266 e. The van der Waals surface area contributed by atoms with E-state index < -0.39 is 15.6 Å². The van der Waals surface area contributed by atoms with Gasteiger partial charge in [-0.05, 0) is 60.3 Å². The Morgan fingerprint density at radius 3 is 2.38 bits per heavy atom. The first-order valence-electron chi connectivity index (χ1n) is 9.53. The fourth-order valence-corrected chi connectivity index (χ4v) is 6.62. The molecule has 3 atom stereocenters. The van der Waals surface area contributed by atoms with Crippen molar-refractivity contribution in [2.24, 2.45) is 16.7 Å². The standard InChI is InChI=1S/C20H23Cl2N3O3S/c1-19(2)12-8-9-20(19,3)16(10-12)24-29(27,28)14-6-4-13(5-7-14)25-18(26)17(22)15(21)11-23-25/h4-7,11-12,16,24H,8-10H2,1-3H3. The molecule has 9 heteroatoms. The van der Waals surface area contributed by atoms with Gasteiger partial charge in [0.1, 0.15) is 5.02 Å². The van der Waals surface area contributed by atoms with Crippen molar-refractivity contribution in [1.82, 2.24) is 14.5 Å². The average molecular weight is 456 g/mol. The Kier molecular flexibility index (Phi) is 4.89. The molecule has 2 fully saturated rings. The van der Waals surface area contributed by atoms with E-state index in [1.165, 1.54) is 30.5 Å². The second-order valence-corrected chi connectivity index (χ2v) is 11.3. The van der Waals surface area contributed by atoms with Gasteiger partial charge in [-0.1, -0.05) is 44.0 Å². The predicted octanol–water partition coefficient (Wildman–Crippen LogP) is 4.03. The lowest BCUT2D eigenvalue weighted by molar-refractivity contribution is 0.130. The highest BCUT2D eigenvalue weighted by Crippen LogP contribution is 2.65. The predicted molar refractivity (Wildman–Crippen MR) is 113 cm³/mol. The molecule has 156 valence electrons. The van der Waals surface area contributed by atoms with Crippen LogP contribution in [0.2, 0.25) is 10.0 Å². The minimum atomic E-state index is -3.68. The van der Waals surface area contributed by atoms with Crippen molar-refractivity contribution in [3.8, 4) is 5.69 Å². The van der Waals surface area contributed by atoms with Gasteiger partial charge >= 0.3 is 0 Å². The summed E-state index contributed by atoms with van der Waals surface area (Å²) in [4.78, 5) is 12.4. The molecule has 0 saturated heterocycles. The van der Waals surface area contributed by atoms with Crippen molar-refractivity contribution in [1.29, 1.82) is 0 Å². The SMILES string of the molecule is CC1(C)C2CCC1(C)C(NS(=O)(=O)c1ccc(-n3ncc(Cl)c(Cl)c3=O)cc1)C2. The Hall–Kier alpha value is -1.41. The molecule has 2 aliphatic rings. The van der Waals surface area contributed by atoms with Gasteiger partial charge in [0.25, 0.3) is 5.56 Å². The average Bonchev–Trinajstić information content (AvgIpc) is 3.00. The van der Waals surface area contributed by atoms with Crippen LogP contribution in [0.5, 0.6) is 0 Å². The van der Waals surface area contributed by atoms with Crippen molar-refractivity contribution in [2.45, 2.75) is 51.0 Å². The van der Waals surface area contributed by atoms with Crippen LogP contribution in [-0.4, -0.2) is 24.2 Å². The van der Waals surface area contributed by atoms with E-state index in [2.05, 4.69) is 30.6 Å². The lowest BCUT2D eigenvalue weighted by Gasteiger charge is -2.39. The van der Waals surface area contributed by atoms with Crippen LogP contribution < -0.4 is 10.3 Å². The first-order chi connectivity index (χ1) is 13.5. The molecule has 6 nitrogen and oxygen atoms in total. The van der Waals surface area contributed by atoms with Crippen molar-refractivity contribution >= 4 is 33.2 Å². The van der Waals surface area contributed by atoms with Gasteiger partial charge in [-0.2, -0.15) is 9.78 Å². The minimum absolute atomic E-state index is 0.0536. The van der Waals surface area contributed by atoms with Gasteiger partial charge in [0.15, 0.2) is 0 Å². The lowest BCUT2D eigenvalue weighted by atomic mass is 9.69. The molecule has 1 heterocycles. The zero-order chi connectivity index (χ0) is 21.2. The van der Waals surface area contributed by atoms with Crippen LogP contribution >= 0.6 is 23.2 Å². The summed E-state index contributed by atoms with van der Waals surface area (Å²) >= 11 is 11.7. The molecule has 4 rings (SSSR count). The molecule has 1 aromatic carbocycles. The number of halogens is 2. The van der Waals surface area contributed by atoms with E-state index >= 15 is 0 Å². The van der Waals surface area contributed by atoms with Crippen LogP contribution in [0, 0.1) is 16.7 Å². The van der Waals surface area contributed by atoms with Gasteiger partial charge in [0, 0.05) is 6.04 Å². The molecule has 0 amide bonds. The summed E-state index contributed by atoms with van der Waals surface area (Å²) in [6, 6.07) is 5.91. The Labute approximate surface area is 180 Å². The van der Waals surface area contributed by atoms with Gasteiger partial charge in [-0.3, -0.25) is 4.79 Å². The third kappa shape index (κ3) is 3.14. The highest BCUT2D eigenvalue weighted by molar-refractivity contribution is 7.89. The van der Waals surface area contributed by atoms with Crippen molar-refractivity contribution in [2.75, 3.05) is 0 Å². The number of aromatic nitrogens is 2. The number of fused-ring (bicyclic) bond motifs is 2. The van der Waals surface area contributed by atoms with E-state index in [0.29, 0.717) is 11.6 Å². The summed E-state index contributed by atoms with van der Waals surface area (Å²) in [5, 5.41) is 3.89. The quantitative estimate of drug-likeness (QED) is 0.753. The Balaban J connectivity index is 1.60. The minimum Gasteiger partial charge on any atom is -0.266 e. The van der Waals surface area contributed by atoms with Crippen LogP contribution in [-0.2, 0) is 10.0 Å². The normalized spacial score (nSPS) is 28.0. The molecule has 29 heavy (non-hydrogen) atoms. The molecule has 0 spiro atoms. The second kappa shape index (κ2) is 6.80. The topological polar surface area (TPSA) is 81.1 Å². The molecule has 3 unspecified atom stereocenters. The van der Waals surface area contributed by atoms with Gasteiger partial charge in [0.05, 0.1) is 21.8 Å². The molecule has 1 aromatic heterocycles. The fraction of sp³-hybridized carbons (Fsp3) is 0.500. The number of hydrogen-bond acceptors (Lipinski definition) is 4. The first kappa shape index (κ1) is 20.8. The van der Waals surface area contributed by atoms with Gasteiger partial charge < -0.3 is 0 Å². The molecule has 2 saturated carbocycles. The molecule has 0 radical (unpaired) electrons. The van der Waals surface area contributed by atoms with E-state index in [4.69, 9.17) is 23.2 Å². The number of sulfonamides is 1. The van der Waals surface area contributed by atoms with E-state index in [1.807, 2.05) is 0 Å². The maximum absolute atomic E-state index is 13.0. The van der Waals surface area contributed by atoms with E-state index in [9.17, 15) is 13.2 Å².